The van der Waals surface area contributed by atoms with Crippen LogP contribution in [0.2, 0.25) is 5.02 Å². The number of phenolic OH excluding ortho intramolecular Hbond substituents is 1. The predicted molar refractivity (Wildman–Crippen MR) is 128 cm³/mol. The standard InChI is InChI=1S/C25H17ClN2O2S/c1-15-6-8-16(9-7-15)14-20-25(30)28(17-10-12-18(29)13-11-17)24(27-20)23-22(26)19-4-2-3-5-21(19)31-23/h2-14,29H,1H3/b20-14+. The predicted octanol–water partition coefficient (Wildman–Crippen LogP) is 6.40. The summed E-state index contributed by atoms with van der Waals surface area (Å²) in [6.07, 6.45) is 1.78. The first-order valence-corrected chi connectivity index (χ1v) is 10.9. The zero-order valence-electron chi connectivity index (χ0n) is 16.5. The Morgan fingerprint density at radius 3 is 2.42 bits per heavy atom. The van der Waals surface area contributed by atoms with Gasteiger partial charge in [-0.15, -0.1) is 11.3 Å². The van der Waals surface area contributed by atoms with Crippen molar-refractivity contribution in [3.8, 4) is 5.75 Å². The smallest absolute Gasteiger partial charge is 0.282 e. The molecule has 0 bridgehead atoms. The lowest BCUT2D eigenvalue weighted by Gasteiger charge is -2.18. The third-order valence-electron chi connectivity index (χ3n) is 5.09. The van der Waals surface area contributed by atoms with Gasteiger partial charge in [0.25, 0.3) is 5.91 Å². The van der Waals surface area contributed by atoms with Crippen molar-refractivity contribution in [2.24, 2.45) is 4.99 Å². The van der Waals surface area contributed by atoms with Gasteiger partial charge in [-0.25, -0.2) is 4.99 Å². The first-order valence-electron chi connectivity index (χ1n) is 9.69. The van der Waals surface area contributed by atoms with E-state index in [9.17, 15) is 9.90 Å². The van der Waals surface area contributed by atoms with Gasteiger partial charge in [0.2, 0.25) is 0 Å². The maximum Gasteiger partial charge on any atom is 0.282 e. The van der Waals surface area contributed by atoms with Crippen LogP contribution in [0.3, 0.4) is 0 Å². The van der Waals surface area contributed by atoms with Gasteiger partial charge in [-0.05, 0) is 48.9 Å². The van der Waals surface area contributed by atoms with Crippen LogP contribution in [0.4, 0.5) is 5.69 Å². The fourth-order valence-corrected chi connectivity index (χ4v) is 4.98. The average molecular weight is 445 g/mol. The topological polar surface area (TPSA) is 52.9 Å². The molecule has 0 unspecified atom stereocenters. The summed E-state index contributed by atoms with van der Waals surface area (Å²) in [5.41, 5.74) is 2.99. The molecule has 0 aliphatic carbocycles. The fraction of sp³-hybridized carbons (Fsp3) is 0.0400. The third kappa shape index (κ3) is 3.52. The number of carbonyl (C=O) groups is 1. The molecule has 1 aliphatic heterocycles. The van der Waals surface area contributed by atoms with Crippen molar-refractivity contribution >= 4 is 56.5 Å². The van der Waals surface area contributed by atoms with Gasteiger partial charge in [-0.1, -0.05) is 59.6 Å². The number of halogens is 1. The zero-order valence-corrected chi connectivity index (χ0v) is 18.1. The van der Waals surface area contributed by atoms with Crippen LogP contribution < -0.4 is 4.90 Å². The maximum absolute atomic E-state index is 13.4. The average Bonchev–Trinajstić information content (AvgIpc) is 3.28. The van der Waals surface area contributed by atoms with Crippen LogP contribution in [0.15, 0.2) is 83.5 Å². The Kier molecular flexibility index (Phi) is 4.85. The summed E-state index contributed by atoms with van der Waals surface area (Å²) in [6.45, 7) is 2.02. The van der Waals surface area contributed by atoms with E-state index in [2.05, 4.69) is 0 Å². The summed E-state index contributed by atoms with van der Waals surface area (Å²) in [6, 6.07) is 22.3. The number of hydrogen-bond acceptors (Lipinski definition) is 4. The molecule has 0 fully saturated rings. The quantitative estimate of drug-likeness (QED) is 0.371. The van der Waals surface area contributed by atoms with Crippen LogP contribution in [0.25, 0.3) is 16.2 Å². The Bertz CT molecular complexity index is 1370. The van der Waals surface area contributed by atoms with E-state index >= 15 is 0 Å². The highest BCUT2D eigenvalue weighted by Crippen LogP contribution is 2.39. The van der Waals surface area contributed by atoms with Crippen molar-refractivity contribution in [1.29, 1.82) is 0 Å². The third-order valence-corrected chi connectivity index (χ3v) is 6.76. The Hall–Kier alpha value is -3.41. The molecule has 0 atom stereocenters. The monoisotopic (exact) mass is 444 g/mol. The number of benzene rings is 3. The number of aryl methyl sites for hydroxylation is 1. The van der Waals surface area contributed by atoms with Crippen LogP contribution in [0, 0.1) is 6.92 Å². The number of aromatic hydroxyl groups is 1. The molecule has 1 aliphatic rings. The number of rotatable bonds is 3. The molecule has 152 valence electrons. The van der Waals surface area contributed by atoms with Crippen molar-refractivity contribution in [2.75, 3.05) is 4.90 Å². The summed E-state index contributed by atoms with van der Waals surface area (Å²) in [7, 11) is 0. The first kappa shape index (κ1) is 19.5. The molecular formula is C25H17ClN2O2S. The number of phenols is 1. The van der Waals surface area contributed by atoms with Crippen LogP contribution in [0.5, 0.6) is 5.75 Å². The van der Waals surface area contributed by atoms with Crippen LogP contribution in [-0.2, 0) is 4.79 Å². The lowest BCUT2D eigenvalue weighted by atomic mass is 10.1. The first-order chi connectivity index (χ1) is 15.0. The number of hydrogen-bond donors (Lipinski definition) is 1. The van der Waals surface area contributed by atoms with Gasteiger partial charge in [0, 0.05) is 10.1 Å². The van der Waals surface area contributed by atoms with Gasteiger partial charge >= 0.3 is 0 Å². The highest BCUT2D eigenvalue weighted by Gasteiger charge is 2.34. The molecule has 4 aromatic rings. The maximum atomic E-state index is 13.4. The molecule has 2 heterocycles. The molecule has 6 heteroatoms. The van der Waals surface area contributed by atoms with Gasteiger partial charge in [0.1, 0.15) is 11.4 Å². The van der Waals surface area contributed by atoms with E-state index in [0.29, 0.717) is 22.2 Å². The zero-order chi connectivity index (χ0) is 21.5. The Morgan fingerprint density at radius 2 is 1.71 bits per heavy atom. The highest BCUT2D eigenvalue weighted by molar-refractivity contribution is 7.21. The molecule has 3 aromatic carbocycles. The van der Waals surface area contributed by atoms with Crippen LogP contribution in [-0.4, -0.2) is 16.8 Å². The highest BCUT2D eigenvalue weighted by atomic mass is 35.5. The summed E-state index contributed by atoms with van der Waals surface area (Å²) in [4.78, 5) is 20.4. The van der Waals surface area contributed by atoms with Crippen molar-refractivity contribution in [1.82, 2.24) is 0 Å². The lowest BCUT2D eigenvalue weighted by molar-refractivity contribution is -0.113. The van der Waals surface area contributed by atoms with Gasteiger partial charge in [0.05, 0.1) is 15.6 Å². The summed E-state index contributed by atoms with van der Waals surface area (Å²) in [5, 5.41) is 11.2. The second-order valence-corrected chi connectivity index (χ2v) is 8.70. The minimum Gasteiger partial charge on any atom is -0.508 e. The Labute approximate surface area is 188 Å². The van der Waals surface area contributed by atoms with Gasteiger partial charge < -0.3 is 5.11 Å². The molecule has 5 rings (SSSR count). The molecule has 4 nitrogen and oxygen atoms in total. The fourth-order valence-electron chi connectivity index (χ4n) is 3.49. The molecular weight excluding hydrogens is 428 g/mol. The molecule has 1 aromatic heterocycles. The number of anilines is 1. The van der Waals surface area contributed by atoms with E-state index in [4.69, 9.17) is 16.6 Å². The van der Waals surface area contributed by atoms with Gasteiger partial charge in [-0.3, -0.25) is 9.69 Å². The molecule has 1 N–H and O–H groups in total. The molecule has 0 saturated heterocycles. The van der Waals surface area contributed by atoms with Gasteiger partial charge in [-0.2, -0.15) is 0 Å². The summed E-state index contributed by atoms with van der Waals surface area (Å²) >= 11 is 8.22. The van der Waals surface area contributed by atoms with E-state index in [1.807, 2.05) is 55.5 Å². The van der Waals surface area contributed by atoms with Crippen LogP contribution >= 0.6 is 22.9 Å². The molecule has 31 heavy (non-hydrogen) atoms. The van der Waals surface area contributed by atoms with Crippen molar-refractivity contribution in [3.05, 3.63) is 99.5 Å². The van der Waals surface area contributed by atoms with Crippen LogP contribution in [0.1, 0.15) is 16.0 Å². The van der Waals surface area contributed by atoms with E-state index in [1.54, 1.807) is 35.2 Å². The number of amidine groups is 1. The molecule has 0 spiro atoms. The SMILES string of the molecule is Cc1ccc(/C=C2/N=C(c3sc4ccccc4c3Cl)N(c3ccc(O)cc3)C2=O)cc1. The number of fused-ring (bicyclic) bond motifs is 1. The molecule has 0 radical (unpaired) electrons. The van der Waals surface area contributed by atoms with E-state index in [-0.39, 0.29) is 11.7 Å². The van der Waals surface area contributed by atoms with E-state index < -0.39 is 0 Å². The van der Waals surface area contributed by atoms with Gasteiger partial charge in [0.15, 0.2) is 5.84 Å². The van der Waals surface area contributed by atoms with Crippen molar-refractivity contribution < 1.29 is 9.90 Å². The Balaban J connectivity index is 1.68. The van der Waals surface area contributed by atoms with Crippen molar-refractivity contribution in [2.45, 2.75) is 6.92 Å². The lowest BCUT2D eigenvalue weighted by Crippen LogP contribution is -2.32. The number of carbonyl (C=O) groups excluding carboxylic acids is 1. The number of nitrogens with zero attached hydrogens (tertiary/aromatic N) is 2. The van der Waals surface area contributed by atoms with Crippen molar-refractivity contribution in [3.63, 3.8) is 0 Å². The molecule has 0 saturated carbocycles. The normalized spacial score (nSPS) is 15.2. The summed E-state index contributed by atoms with van der Waals surface area (Å²) < 4.78 is 1.03. The minimum atomic E-state index is -0.241. The number of thiophene rings is 1. The number of aliphatic imine (C=N–C) groups is 1. The summed E-state index contributed by atoms with van der Waals surface area (Å²) in [5.74, 6) is 0.374. The van der Waals surface area contributed by atoms with E-state index in [1.165, 1.54) is 11.3 Å². The second kappa shape index (κ2) is 7.69. The Morgan fingerprint density at radius 1 is 1.00 bits per heavy atom. The molecule has 1 amide bonds. The van der Waals surface area contributed by atoms with E-state index in [0.717, 1.165) is 26.1 Å². The minimum absolute atomic E-state index is 0.129. The number of amides is 1. The largest absolute Gasteiger partial charge is 0.508 e. The second-order valence-electron chi connectivity index (χ2n) is 7.27.